The molecule has 0 spiro atoms. The monoisotopic (exact) mass is 499 g/mol. The number of para-hydroxylation sites is 1. The van der Waals surface area contributed by atoms with Crippen LogP contribution in [0.3, 0.4) is 0 Å². The highest BCUT2D eigenvalue weighted by atomic mass is 32.1. The Labute approximate surface area is 217 Å². The number of halogens is 1. The minimum atomic E-state index is -0.239. The van der Waals surface area contributed by atoms with Gasteiger partial charge in [-0.1, -0.05) is 24.3 Å². The summed E-state index contributed by atoms with van der Waals surface area (Å²) < 4.78 is 15.8. The van der Waals surface area contributed by atoms with Crippen LogP contribution >= 0.6 is 12.2 Å². The summed E-state index contributed by atoms with van der Waals surface area (Å²) in [7, 11) is 0. The van der Waals surface area contributed by atoms with Gasteiger partial charge in [0.1, 0.15) is 5.82 Å². The van der Waals surface area contributed by atoms with Crippen molar-refractivity contribution >= 4 is 23.0 Å². The minimum Gasteiger partial charge on any atom is -0.385 e. The first-order chi connectivity index (χ1) is 17.5. The molecule has 2 N–H and O–H groups in total. The molecular formula is C29H30FN5S. The van der Waals surface area contributed by atoms with Crippen molar-refractivity contribution in [3.63, 3.8) is 0 Å². The lowest BCUT2D eigenvalue weighted by Crippen LogP contribution is -2.31. The van der Waals surface area contributed by atoms with E-state index in [4.69, 9.17) is 12.2 Å². The van der Waals surface area contributed by atoms with Crippen LogP contribution in [-0.4, -0.2) is 32.7 Å². The average molecular weight is 500 g/mol. The molecule has 7 heteroatoms. The lowest BCUT2D eigenvalue weighted by molar-refractivity contribution is 0.315. The third-order valence-corrected chi connectivity index (χ3v) is 7.10. The fourth-order valence-corrected chi connectivity index (χ4v) is 5.43. The number of hydrogen-bond donors (Lipinski definition) is 2. The maximum atomic E-state index is 13.6. The van der Waals surface area contributed by atoms with Gasteiger partial charge in [-0.15, -0.1) is 0 Å². The molecule has 2 atom stereocenters. The third-order valence-electron chi connectivity index (χ3n) is 6.75. The van der Waals surface area contributed by atoms with Crippen LogP contribution in [0.2, 0.25) is 0 Å². The van der Waals surface area contributed by atoms with Gasteiger partial charge in [0.25, 0.3) is 0 Å². The number of aryl methyl sites for hydroxylation is 1. The van der Waals surface area contributed by atoms with Gasteiger partial charge in [0.2, 0.25) is 0 Å². The van der Waals surface area contributed by atoms with Crippen molar-refractivity contribution in [1.82, 2.24) is 19.8 Å². The van der Waals surface area contributed by atoms with Crippen LogP contribution in [0.25, 0.3) is 5.69 Å². The first-order valence-electron chi connectivity index (χ1n) is 12.2. The Morgan fingerprint density at radius 3 is 2.47 bits per heavy atom. The normalized spacial score (nSPS) is 17.3. The molecule has 184 valence electrons. The van der Waals surface area contributed by atoms with E-state index in [0.717, 1.165) is 53.1 Å². The second kappa shape index (κ2) is 10.5. The number of nitrogens with zero attached hydrogens (tertiary/aromatic N) is 3. The van der Waals surface area contributed by atoms with E-state index in [0.29, 0.717) is 0 Å². The lowest BCUT2D eigenvalue weighted by atomic mass is 9.96. The topological polar surface area (TPSA) is 45.1 Å². The van der Waals surface area contributed by atoms with Gasteiger partial charge in [0.15, 0.2) is 5.11 Å². The molecular weight excluding hydrogens is 469 g/mol. The Balaban J connectivity index is 1.45. The molecule has 3 heterocycles. The van der Waals surface area contributed by atoms with E-state index in [9.17, 15) is 4.39 Å². The second-order valence-corrected chi connectivity index (χ2v) is 9.49. The standard InChI is InChI=1S/C29H30FN5S/c1-20-19-25(21(2)35(20)24-14-12-22(30)13-15-24)28-27(26-11-6-7-16-32-26)33-29(36)34(28)18-8-17-31-23-9-4-3-5-10-23/h3-7,9-16,19,27-28,31H,8,17-18H2,1-2H3,(H,33,36)/t27-,28-/m1/s1. The summed E-state index contributed by atoms with van der Waals surface area (Å²) in [6.45, 7) is 5.86. The van der Waals surface area contributed by atoms with Crippen LogP contribution in [0.1, 0.15) is 41.1 Å². The average Bonchev–Trinajstić information content (AvgIpc) is 3.38. The molecule has 0 unspecified atom stereocenters. The van der Waals surface area contributed by atoms with E-state index < -0.39 is 0 Å². The molecule has 5 nitrogen and oxygen atoms in total. The van der Waals surface area contributed by atoms with E-state index in [1.54, 1.807) is 0 Å². The van der Waals surface area contributed by atoms with Gasteiger partial charge < -0.3 is 20.1 Å². The van der Waals surface area contributed by atoms with Crippen LogP contribution < -0.4 is 10.6 Å². The summed E-state index contributed by atoms with van der Waals surface area (Å²) in [4.78, 5) is 6.95. The number of hydrogen-bond acceptors (Lipinski definition) is 3. The van der Waals surface area contributed by atoms with Gasteiger partial charge >= 0.3 is 0 Å². The van der Waals surface area contributed by atoms with Gasteiger partial charge in [-0.05, 0) is 92.6 Å². The molecule has 0 amide bonds. The number of pyridine rings is 1. The Bertz CT molecular complexity index is 1320. The molecule has 2 aromatic heterocycles. The molecule has 1 aliphatic rings. The third kappa shape index (κ3) is 4.84. The van der Waals surface area contributed by atoms with Crippen LogP contribution in [0, 0.1) is 19.7 Å². The predicted molar refractivity (Wildman–Crippen MR) is 147 cm³/mol. The van der Waals surface area contributed by atoms with Crippen molar-refractivity contribution in [3.8, 4) is 5.69 Å². The Hall–Kier alpha value is -3.71. The number of anilines is 1. The van der Waals surface area contributed by atoms with Gasteiger partial charge in [-0.25, -0.2) is 4.39 Å². The van der Waals surface area contributed by atoms with Gasteiger partial charge in [-0.3, -0.25) is 4.98 Å². The number of aromatic nitrogens is 2. The highest BCUT2D eigenvalue weighted by Gasteiger charge is 2.41. The summed E-state index contributed by atoms with van der Waals surface area (Å²) in [6.07, 6.45) is 2.75. The molecule has 0 bridgehead atoms. The zero-order chi connectivity index (χ0) is 25.1. The Morgan fingerprint density at radius 1 is 1.00 bits per heavy atom. The van der Waals surface area contributed by atoms with Crippen molar-refractivity contribution in [1.29, 1.82) is 0 Å². The van der Waals surface area contributed by atoms with E-state index in [-0.39, 0.29) is 17.9 Å². The molecule has 2 aromatic carbocycles. The van der Waals surface area contributed by atoms with Gasteiger partial charge in [0.05, 0.1) is 17.8 Å². The molecule has 5 rings (SSSR count). The molecule has 36 heavy (non-hydrogen) atoms. The van der Waals surface area contributed by atoms with E-state index >= 15 is 0 Å². The van der Waals surface area contributed by atoms with Gasteiger partial charge in [0, 0.05) is 42.0 Å². The number of thiocarbonyl (C=S) groups is 1. The molecule has 0 saturated carbocycles. The van der Waals surface area contributed by atoms with Crippen LogP contribution in [0.4, 0.5) is 10.1 Å². The fraction of sp³-hybridized carbons (Fsp3) is 0.241. The first-order valence-corrected chi connectivity index (χ1v) is 12.7. The summed E-state index contributed by atoms with van der Waals surface area (Å²) in [5.74, 6) is -0.239. The molecule has 4 aromatic rings. The predicted octanol–water partition coefficient (Wildman–Crippen LogP) is 6.10. The van der Waals surface area contributed by atoms with Crippen LogP contribution in [0.15, 0.2) is 85.1 Å². The maximum Gasteiger partial charge on any atom is 0.170 e. The number of nitrogens with one attached hydrogen (secondary N) is 2. The smallest absolute Gasteiger partial charge is 0.170 e. The molecule has 1 saturated heterocycles. The molecule has 0 radical (unpaired) electrons. The quantitative estimate of drug-likeness (QED) is 0.226. The Kier molecular flexibility index (Phi) is 7.00. The van der Waals surface area contributed by atoms with Crippen molar-refractivity contribution in [2.75, 3.05) is 18.4 Å². The van der Waals surface area contributed by atoms with Crippen molar-refractivity contribution < 1.29 is 4.39 Å². The highest BCUT2D eigenvalue weighted by Crippen LogP contribution is 2.41. The fourth-order valence-electron chi connectivity index (χ4n) is 5.10. The van der Waals surface area contributed by atoms with E-state index in [1.165, 1.54) is 17.7 Å². The van der Waals surface area contributed by atoms with Crippen molar-refractivity contribution in [2.24, 2.45) is 0 Å². The van der Waals surface area contributed by atoms with E-state index in [1.807, 2.05) is 54.7 Å². The minimum absolute atomic E-state index is 0.00970. The zero-order valence-corrected chi connectivity index (χ0v) is 21.3. The molecule has 1 fully saturated rings. The summed E-state index contributed by atoms with van der Waals surface area (Å²) >= 11 is 5.85. The van der Waals surface area contributed by atoms with Crippen molar-refractivity contribution in [3.05, 3.63) is 114 Å². The maximum absolute atomic E-state index is 13.6. The van der Waals surface area contributed by atoms with Crippen LogP contribution in [-0.2, 0) is 0 Å². The first kappa shape index (κ1) is 24.0. The summed E-state index contributed by atoms with van der Waals surface area (Å²) in [5.41, 5.74) is 6.42. The summed E-state index contributed by atoms with van der Waals surface area (Å²) in [5, 5.41) is 7.78. The number of benzene rings is 2. The highest BCUT2D eigenvalue weighted by molar-refractivity contribution is 7.80. The molecule has 1 aliphatic heterocycles. The Morgan fingerprint density at radius 2 is 1.75 bits per heavy atom. The van der Waals surface area contributed by atoms with E-state index in [2.05, 4.69) is 57.1 Å². The SMILES string of the molecule is Cc1cc([C@@H]2[C@@H](c3ccccn3)NC(=S)N2CCCNc2ccccc2)c(C)n1-c1ccc(F)cc1. The second-order valence-electron chi connectivity index (χ2n) is 9.10. The number of rotatable bonds is 8. The zero-order valence-electron chi connectivity index (χ0n) is 20.5. The largest absolute Gasteiger partial charge is 0.385 e. The lowest BCUT2D eigenvalue weighted by Gasteiger charge is -2.28. The van der Waals surface area contributed by atoms with Crippen molar-refractivity contribution in [2.45, 2.75) is 32.4 Å². The molecule has 0 aliphatic carbocycles. The van der Waals surface area contributed by atoms with Gasteiger partial charge in [-0.2, -0.15) is 0 Å². The summed E-state index contributed by atoms with van der Waals surface area (Å²) in [6, 6.07) is 25.0. The van der Waals surface area contributed by atoms with Crippen LogP contribution in [0.5, 0.6) is 0 Å².